The lowest BCUT2D eigenvalue weighted by molar-refractivity contribution is -0.116. The molecule has 1 aromatic heterocycles. The molecule has 1 aliphatic carbocycles. The highest BCUT2D eigenvalue weighted by Crippen LogP contribution is 2.29. The topological polar surface area (TPSA) is 68.0 Å². The van der Waals surface area contributed by atoms with E-state index >= 15 is 0 Å². The SMILES string of the molecule is NCCCCCCC(=O)Nc1nc2c(s1)CCCC2. The first-order chi connectivity index (χ1) is 9.29. The summed E-state index contributed by atoms with van der Waals surface area (Å²) in [7, 11) is 0. The minimum atomic E-state index is 0.0962. The lowest BCUT2D eigenvalue weighted by Gasteiger charge is -2.06. The number of rotatable bonds is 7. The molecule has 0 fully saturated rings. The molecule has 0 bridgehead atoms. The number of fused-ring (bicyclic) bond motifs is 1. The Hall–Kier alpha value is -0.940. The van der Waals surface area contributed by atoms with Crippen LogP contribution in [0.3, 0.4) is 0 Å². The largest absolute Gasteiger partial charge is 0.330 e. The van der Waals surface area contributed by atoms with Gasteiger partial charge in [-0.2, -0.15) is 0 Å². The maximum atomic E-state index is 11.8. The van der Waals surface area contributed by atoms with Gasteiger partial charge in [0.25, 0.3) is 0 Å². The quantitative estimate of drug-likeness (QED) is 0.755. The predicted molar refractivity (Wildman–Crippen MR) is 79.5 cm³/mol. The van der Waals surface area contributed by atoms with Crippen LogP contribution in [-0.2, 0) is 17.6 Å². The number of hydrogen-bond acceptors (Lipinski definition) is 4. The molecule has 2 rings (SSSR count). The van der Waals surface area contributed by atoms with Gasteiger partial charge >= 0.3 is 0 Å². The molecular formula is C14H23N3OS. The second-order valence-corrected chi connectivity index (χ2v) is 6.18. The van der Waals surface area contributed by atoms with Crippen molar-refractivity contribution in [2.45, 2.75) is 57.8 Å². The first kappa shape index (κ1) is 14.5. The normalized spacial score (nSPS) is 14.2. The summed E-state index contributed by atoms with van der Waals surface area (Å²) in [6, 6.07) is 0. The number of hydrogen-bond donors (Lipinski definition) is 2. The van der Waals surface area contributed by atoms with E-state index in [2.05, 4.69) is 10.3 Å². The van der Waals surface area contributed by atoms with Gasteiger partial charge in [0.05, 0.1) is 5.69 Å². The summed E-state index contributed by atoms with van der Waals surface area (Å²) in [6.07, 6.45) is 9.47. The van der Waals surface area contributed by atoms with E-state index < -0.39 is 0 Å². The molecule has 1 aliphatic rings. The van der Waals surface area contributed by atoms with Crippen molar-refractivity contribution in [3.63, 3.8) is 0 Å². The fraction of sp³-hybridized carbons (Fsp3) is 0.714. The molecule has 0 aromatic carbocycles. The highest BCUT2D eigenvalue weighted by molar-refractivity contribution is 7.15. The molecule has 0 saturated heterocycles. The van der Waals surface area contributed by atoms with Gasteiger partial charge in [-0.25, -0.2) is 4.98 Å². The van der Waals surface area contributed by atoms with E-state index in [0.29, 0.717) is 6.42 Å². The molecule has 0 aliphatic heterocycles. The van der Waals surface area contributed by atoms with Crippen molar-refractivity contribution >= 4 is 22.4 Å². The Morgan fingerprint density at radius 2 is 2.00 bits per heavy atom. The number of nitrogens with one attached hydrogen (secondary N) is 1. The van der Waals surface area contributed by atoms with Crippen molar-refractivity contribution in [3.05, 3.63) is 10.6 Å². The summed E-state index contributed by atoms with van der Waals surface area (Å²) in [5, 5.41) is 3.72. The molecule has 1 heterocycles. The molecule has 0 spiro atoms. The number of carbonyl (C=O) groups is 1. The zero-order valence-electron chi connectivity index (χ0n) is 11.4. The maximum Gasteiger partial charge on any atom is 0.226 e. The van der Waals surface area contributed by atoms with Gasteiger partial charge in [0, 0.05) is 11.3 Å². The molecule has 4 nitrogen and oxygen atoms in total. The summed E-state index contributed by atoms with van der Waals surface area (Å²) in [6.45, 7) is 0.747. The van der Waals surface area contributed by atoms with Crippen LogP contribution in [0, 0.1) is 0 Å². The third kappa shape index (κ3) is 4.58. The molecule has 3 N–H and O–H groups in total. The zero-order chi connectivity index (χ0) is 13.5. The maximum absolute atomic E-state index is 11.8. The second-order valence-electron chi connectivity index (χ2n) is 5.10. The van der Waals surface area contributed by atoms with Crippen molar-refractivity contribution < 1.29 is 4.79 Å². The van der Waals surface area contributed by atoms with Crippen LogP contribution in [0.5, 0.6) is 0 Å². The van der Waals surface area contributed by atoms with Gasteiger partial charge in [-0.15, -0.1) is 11.3 Å². The van der Waals surface area contributed by atoms with E-state index in [9.17, 15) is 4.79 Å². The number of anilines is 1. The Bertz CT molecular complexity index is 393. The van der Waals surface area contributed by atoms with Crippen LogP contribution < -0.4 is 11.1 Å². The van der Waals surface area contributed by atoms with Crippen LogP contribution in [0.1, 0.15) is 55.5 Å². The van der Waals surface area contributed by atoms with Crippen LogP contribution in [0.4, 0.5) is 5.13 Å². The van der Waals surface area contributed by atoms with Crippen molar-refractivity contribution in [2.24, 2.45) is 5.73 Å². The number of nitrogens with two attached hydrogens (primary N) is 1. The predicted octanol–water partition coefficient (Wildman–Crippen LogP) is 2.87. The molecule has 0 atom stereocenters. The second kappa shape index (κ2) is 7.60. The highest BCUT2D eigenvalue weighted by atomic mass is 32.1. The zero-order valence-corrected chi connectivity index (χ0v) is 12.2. The van der Waals surface area contributed by atoms with Crippen molar-refractivity contribution in [1.82, 2.24) is 4.98 Å². The Labute approximate surface area is 118 Å². The van der Waals surface area contributed by atoms with E-state index in [1.807, 2.05) is 0 Å². The van der Waals surface area contributed by atoms with Gasteiger partial charge < -0.3 is 11.1 Å². The molecule has 5 heteroatoms. The number of aryl methyl sites for hydroxylation is 2. The minimum Gasteiger partial charge on any atom is -0.330 e. The van der Waals surface area contributed by atoms with Gasteiger partial charge in [0.1, 0.15) is 0 Å². The van der Waals surface area contributed by atoms with Gasteiger partial charge in [-0.1, -0.05) is 12.8 Å². The number of carbonyl (C=O) groups excluding carboxylic acids is 1. The van der Waals surface area contributed by atoms with Crippen LogP contribution >= 0.6 is 11.3 Å². The molecular weight excluding hydrogens is 258 g/mol. The Balaban J connectivity index is 1.71. The third-order valence-corrected chi connectivity index (χ3v) is 4.52. The standard InChI is InChI=1S/C14H23N3OS/c15-10-6-2-1-3-9-13(18)17-14-16-11-7-4-5-8-12(11)19-14/h1-10,15H2,(H,16,17,18). The number of nitrogens with zero attached hydrogens (tertiary/aromatic N) is 1. The molecule has 1 amide bonds. The number of aromatic nitrogens is 1. The average Bonchev–Trinajstić information content (AvgIpc) is 2.80. The van der Waals surface area contributed by atoms with E-state index in [1.54, 1.807) is 11.3 Å². The third-order valence-electron chi connectivity index (χ3n) is 3.45. The Morgan fingerprint density at radius 1 is 1.21 bits per heavy atom. The van der Waals surface area contributed by atoms with Crippen LogP contribution in [0.15, 0.2) is 0 Å². The first-order valence-corrected chi connectivity index (χ1v) is 8.09. The summed E-state index contributed by atoms with van der Waals surface area (Å²) in [4.78, 5) is 17.7. The fourth-order valence-electron chi connectivity index (χ4n) is 2.37. The molecule has 106 valence electrons. The monoisotopic (exact) mass is 281 g/mol. The molecule has 0 radical (unpaired) electrons. The number of amides is 1. The van der Waals surface area contributed by atoms with Gasteiger partial charge in [0.15, 0.2) is 5.13 Å². The summed E-state index contributed by atoms with van der Waals surface area (Å²) in [5.41, 5.74) is 6.64. The minimum absolute atomic E-state index is 0.0962. The lowest BCUT2D eigenvalue weighted by Crippen LogP contribution is -2.11. The van der Waals surface area contributed by atoms with Crippen LogP contribution in [0.2, 0.25) is 0 Å². The van der Waals surface area contributed by atoms with Crippen LogP contribution in [-0.4, -0.2) is 17.4 Å². The van der Waals surface area contributed by atoms with E-state index in [4.69, 9.17) is 5.73 Å². The lowest BCUT2D eigenvalue weighted by atomic mass is 10.0. The van der Waals surface area contributed by atoms with Crippen molar-refractivity contribution in [1.29, 1.82) is 0 Å². The van der Waals surface area contributed by atoms with Crippen molar-refractivity contribution in [2.75, 3.05) is 11.9 Å². The first-order valence-electron chi connectivity index (χ1n) is 7.28. The van der Waals surface area contributed by atoms with E-state index in [-0.39, 0.29) is 5.91 Å². The molecule has 19 heavy (non-hydrogen) atoms. The fourth-order valence-corrected chi connectivity index (χ4v) is 3.44. The van der Waals surface area contributed by atoms with Crippen LogP contribution in [0.25, 0.3) is 0 Å². The molecule has 0 saturated carbocycles. The summed E-state index contributed by atoms with van der Waals surface area (Å²) < 4.78 is 0. The Morgan fingerprint density at radius 3 is 2.79 bits per heavy atom. The van der Waals surface area contributed by atoms with Crippen molar-refractivity contribution in [3.8, 4) is 0 Å². The average molecular weight is 281 g/mol. The summed E-state index contributed by atoms with van der Waals surface area (Å²) >= 11 is 1.65. The van der Waals surface area contributed by atoms with Gasteiger partial charge in [0.2, 0.25) is 5.91 Å². The van der Waals surface area contributed by atoms with E-state index in [1.165, 1.54) is 23.4 Å². The Kier molecular flexibility index (Phi) is 5.79. The van der Waals surface area contributed by atoms with Gasteiger partial charge in [-0.3, -0.25) is 4.79 Å². The smallest absolute Gasteiger partial charge is 0.226 e. The number of unbranched alkanes of at least 4 members (excludes halogenated alkanes) is 3. The van der Waals surface area contributed by atoms with E-state index in [0.717, 1.165) is 50.2 Å². The van der Waals surface area contributed by atoms with Gasteiger partial charge in [-0.05, 0) is 45.1 Å². The molecule has 0 unspecified atom stereocenters. The molecule has 1 aromatic rings. The summed E-state index contributed by atoms with van der Waals surface area (Å²) in [5.74, 6) is 0.0962. The highest BCUT2D eigenvalue weighted by Gasteiger charge is 2.15. The number of thiazole rings is 1.